The third-order valence-electron chi connectivity index (χ3n) is 5.80. The molecule has 2 aliphatic rings. The zero-order chi connectivity index (χ0) is 20.1. The molecule has 1 saturated heterocycles. The third kappa shape index (κ3) is 4.52. The highest BCUT2D eigenvalue weighted by Crippen LogP contribution is 2.30. The first-order valence-electron chi connectivity index (χ1n) is 10.1. The fraction of sp³-hybridized carbons (Fsp3) is 0.571. The molecule has 1 fully saturated rings. The Morgan fingerprint density at radius 3 is 2.75 bits per heavy atom. The van der Waals surface area contributed by atoms with Crippen LogP contribution in [0.4, 0.5) is 0 Å². The predicted octanol–water partition coefficient (Wildman–Crippen LogP) is 0.895. The molecule has 0 bridgehead atoms. The van der Waals surface area contributed by atoms with Crippen molar-refractivity contribution in [2.45, 2.75) is 57.2 Å². The number of benzene rings is 1. The van der Waals surface area contributed by atoms with E-state index in [0.29, 0.717) is 13.0 Å². The van der Waals surface area contributed by atoms with Gasteiger partial charge in [0.1, 0.15) is 6.04 Å². The van der Waals surface area contributed by atoms with Crippen LogP contribution in [0.3, 0.4) is 0 Å². The average Bonchev–Trinajstić information content (AvgIpc) is 3.21. The van der Waals surface area contributed by atoms with Crippen LogP contribution >= 0.6 is 0 Å². The topological polar surface area (TPSA) is 90.5 Å². The van der Waals surface area contributed by atoms with Gasteiger partial charge in [-0.3, -0.25) is 14.4 Å². The second-order valence-electron chi connectivity index (χ2n) is 7.63. The summed E-state index contributed by atoms with van der Waals surface area (Å²) in [5.74, 6) is -0.532. The summed E-state index contributed by atoms with van der Waals surface area (Å²) in [6.07, 6.45) is 4.46. The van der Waals surface area contributed by atoms with Gasteiger partial charge in [0, 0.05) is 6.54 Å². The zero-order valence-corrected chi connectivity index (χ0v) is 16.7. The third-order valence-corrected chi connectivity index (χ3v) is 5.80. The normalized spacial score (nSPS) is 22.3. The fourth-order valence-corrected chi connectivity index (χ4v) is 4.06. The molecule has 1 aliphatic heterocycles. The van der Waals surface area contributed by atoms with Gasteiger partial charge in [0.15, 0.2) is 0 Å². The molecule has 0 radical (unpaired) electrons. The molecule has 1 heterocycles. The number of likely N-dealkylation sites (tertiary alicyclic amines) is 1. The predicted molar refractivity (Wildman–Crippen MR) is 107 cm³/mol. The molecule has 3 atom stereocenters. The van der Waals surface area contributed by atoms with E-state index in [1.165, 1.54) is 11.1 Å². The van der Waals surface area contributed by atoms with Crippen LogP contribution < -0.4 is 16.0 Å². The van der Waals surface area contributed by atoms with Crippen molar-refractivity contribution in [3.8, 4) is 0 Å². The summed E-state index contributed by atoms with van der Waals surface area (Å²) in [6, 6.07) is 7.42. The van der Waals surface area contributed by atoms with Gasteiger partial charge in [-0.2, -0.15) is 0 Å². The van der Waals surface area contributed by atoms with Gasteiger partial charge in [-0.15, -0.1) is 0 Å². The van der Waals surface area contributed by atoms with Gasteiger partial charge in [0.25, 0.3) is 0 Å². The van der Waals surface area contributed by atoms with Crippen molar-refractivity contribution >= 4 is 17.7 Å². The number of nitrogens with zero attached hydrogens (tertiary/aromatic N) is 1. The van der Waals surface area contributed by atoms with Crippen LogP contribution in [-0.4, -0.2) is 54.8 Å². The van der Waals surface area contributed by atoms with Crippen molar-refractivity contribution in [1.29, 1.82) is 0 Å². The van der Waals surface area contributed by atoms with Crippen LogP contribution in [0.1, 0.15) is 49.8 Å². The van der Waals surface area contributed by atoms with E-state index in [0.717, 1.165) is 25.7 Å². The van der Waals surface area contributed by atoms with Gasteiger partial charge in [-0.1, -0.05) is 24.3 Å². The molecule has 0 saturated carbocycles. The number of carbonyl (C=O) groups excluding carboxylic acids is 3. The zero-order valence-electron chi connectivity index (χ0n) is 16.7. The van der Waals surface area contributed by atoms with E-state index in [1.54, 1.807) is 18.9 Å². The van der Waals surface area contributed by atoms with Gasteiger partial charge in [0.05, 0.1) is 18.6 Å². The summed E-state index contributed by atoms with van der Waals surface area (Å²) in [5.41, 5.74) is 2.48. The number of likely N-dealkylation sites (N-methyl/N-ethyl adjacent to an activating group) is 1. The SMILES string of the molecule is CN[C@@H](C)C(=O)NCC(=O)N1CCC[C@H]1C(=O)N[C@@H]1CCCc2ccccc21. The lowest BCUT2D eigenvalue weighted by Crippen LogP contribution is -2.51. The molecule has 0 unspecified atom stereocenters. The molecule has 7 heteroatoms. The van der Waals surface area contributed by atoms with Crippen molar-refractivity contribution in [3.63, 3.8) is 0 Å². The van der Waals surface area contributed by atoms with Crippen molar-refractivity contribution in [2.75, 3.05) is 20.1 Å². The largest absolute Gasteiger partial charge is 0.347 e. The van der Waals surface area contributed by atoms with E-state index >= 15 is 0 Å². The Morgan fingerprint density at radius 2 is 1.96 bits per heavy atom. The maximum absolute atomic E-state index is 12.9. The molecule has 28 heavy (non-hydrogen) atoms. The maximum atomic E-state index is 12.9. The van der Waals surface area contributed by atoms with E-state index in [2.05, 4.69) is 28.1 Å². The highest BCUT2D eigenvalue weighted by Gasteiger charge is 2.35. The van der Waals surface area contributed by atoms with Crippen LogP contribution in [0.15, 0.2) is 24.3 Å². The first kappa shape index (κ1) is 20.3. The lowest BCUT2D eigenvalue weighted by molar-refractivity contribution is -0.139. The summed E-state index contributed by atoms with van der Waals surface area (Å²) in [4.78, 5) is 39.0. The van der Waals surface area contributed by atoms with E-state index in [4.69, 9.17) is 0 Å². The molecule has 3 N–H and O–H groups in total. The Bertz CT molecular complexity index is 736. The lowest BCUT2D eigenvalue weighted by atomic mass is 9.87. The Balaban J connectivity index is 1.59. The maximum Gasteiger partial charge on any atom is 0.243 e. The first-order chi connectivity index (χ1) is 13.5. The molecule has 1 aromatic carbocycles. The number of rotatable bonds is 6. The summed E-state index contributed by atoms with van der Waals surface area (Å²) in [7, 11) is 1.69. The van der Waals surface area contributed by atoms with Gasteiger partial charge in [-0.25, -0.2) is 0 Å². The first-order valence-corrected chi connectivity index (χ1v) is 10.1. The van der Waals surface area contributed by atoms with Gasteiger partial charge in [-0.05, 0) is 57.2 Å². The molecule has 3 amide bonds. The summed E-state index contributed by atoms with van der Waals surface area (Å²) in [6.45, 7) is 2.20. The standard InChI is InChI=1S/C21H30N4O3/c1-14(22-2)20(27)23-13-19(26)25-12-6-11-18(25)21(28)24-17-10-5-8-15-7-3-4-9-16(15)17/h3-4,7,9,14,17-18,22H,5-6,8,10-13H2,1-2H3,(H,23,27)(H,24,28)/t14-,17+,18-/m0/s1. The van der Waals surface area contributed by atoms with Crippen LogP contribution in [0.25, 0.3) is 0 Å². The van der Waals surface area contributed by atoms with Gasteiger partial charge < -0.3 is 20.9 Å². The number of fused-ring (bicyclic) bond motifs is 1. The second kappa shape index (κ2) is 9.19. The molecular formula is C21H30N4O3. The quantitative estimate of drug-likeness (QED) is 0.677. The highest BCUT2D eigenvalue weighted by atomic mass is 16.2. The van der Waals surface area contributed by atoms with Crippen LogP contribution in [0, 0.1) is 0 Å². The number of carbonyl (C=O) groups is 3. The lowest BCUT2D eigenvalue weighted by Gasteiger charge is -2.30. The molecule has 0 aromatic heterocycles. The van der Waals surface area contributed by atoms with E-state index in [9.17, 15) is 14.4 Å². The minimum absolute atomic E-state index is 0.00572. The molecule has 3 rings (SSSR count). The molecule has 7 nitrogen and oxygen atoms in total. The van der Waals surface area contributed by atoms with E-state index in [1.807, 2.05) is 12.1 Å². The Morgan fingerprint density at radius 1 is 1.18 bits per heavy atom. The average molecular weight is 386 g/mol. The highest BCUT2D eigenvalue weighted by molar-refractivity contribution is 5.91. The number of hydrogen-bond donors (Lipinski definition) is 3. The summed E-state index contributed by atoms with van der Waals surface area (Å²) < 4.78 is 0. The summed E-state index contributed by atoms with van der Waals surface area (Å²) in [5, 5.41) is 8.64. The van der Waals surface area contributed by atoms with Gasteiger partial charge >= 0.3 is 0 Å². The Hall–Kier alpha value is -2.41. The van der Waals surface area contributed by atoms with Crippen molar-refractivity contribution in [2.24, 2.45) is 0 Å². The molecule has 152 valence electrons. The molecular weight excluding hydrogens is 356 g/mol. The van der Waals surface area contributed by atoms with Crippen molar-refractivity contribution < 1.29 is 14.4 Å². The fourth-order valence-electron chi connectivity index (χ4n) is 4.06. The number of hydrogen-bond acceptors (Lipinski definition) is 4. The van der Waals surface area contributed by atoms with Crippen LogP contribution in [-0.2, 0) is 20.8 Å². The van der Waals surface area contributed by atoms with Crippen LogP contribution in [0.5, 0.6) is 0 Å². The molecule has 0 spiro atoms. The number of aryl methyl sites for hydroxylation is 1. The minimum Gasteiger partial charge on any atom is -0.347 e. The minimum atomic E-state index is -0.458. The molecule has 1 aliphatic carbocycles. The number of amides is 3. The van der Waals surface area contributed by atoms with E-state index in [-0.39, 0.29) is 36.3 Å². The Kier molecular flexibility index (Phi) is 6.67. The summed E-state index contributed by atoms with van der Waals surface area (Å²) >= 11 is 0. The smallest absolute Gasteiger partial charge is 0.243 e. The number of nitrogens with one attached hydrogen (secondary N) is 3. The van der Waals surface area contributed by atoms with Crippen molar-refractivity contribution in [3.05, 3.63) is 35.4 Å². The Labute approximate surface area is 166 Å². The van der Waals surface area contributed by atoms with Gasteiger partial charge in [0.2, 0.25) is 17.7 Å². The van der Waals surface area contributed by atoms with Crippen molar-refractivity contribution in [1.82, 2.24) is 20.9 Å². The molecule has 1 aromatic rings. The van der Waals surface area contributed by atoms with Crippen LogP contribution in [0.2, 0.25) is 0 Å². The van der Waals surface area contributed by atoms with E-state index < -0.39 is 6.04 Å². The second-order valence-corrected chi connectivity index (χ2v) is 7.63. The monoisotopic (exact) mass is 386 g/mol.